The second kappa shape index (κ2) is 4.57. The molecule has 0 saturated heterocycles. The number of fused-ring (bicyclic) bond motifs is 3. The normalized spacial score (nSPS) is 18.0. The van der Waals surface area contributed by atoms with Gasteiger partial charge in [-0.05, 0) is 65.9 Å². The van der Waals surface area contributed by atoms with Crippen molar-refractivity contribution >= 4 is 23.1 Å². The molecular formula is C20H20N2. The molecule has 0 radical (unpaired) electrons. The molecule has 2 aliphatic rings. The van der Waals surface area contributed by atoms with E-state index in [2.05, 4.69) is 75.2 Å². The van der Waals surface area contributed by atoms with Gasteiger partial charge >= 0.3 is 0 Å². The Morgan fingerprint density at radius 3 is 2.59 bits per heavy atom. The Hall–Kier alpha value is -2.35. The first-order chi connectivity index (χ1) is 10.5. The minimum Gasteiger partial charge on any atom is -0.341 e. The van der Waals surface area contributed by atoms with E-state index in [9.17, 15) is 0 Å². The number of rotatable bonds is 0. The lowest BCUT2D eigenvalue weighted by molar-refractivity contribution is 0.941. The van der Waals surface area contributed by atoms with Gasteiger partial charge in [0.25, 0.3) is 0 Å². The molecular weight excluding hydrogens is 268 g/mol. The van der Waals surface area contributed by atoms with E-state index in [4.69, 9.17) is 4.99 Å². The molecule has 1 heterocycles. The minimum absolute atomic E-state index is 0.451. The first-order valence-electron chi connectivity index (χ1n) is 7.81. The predicted octanol–water partition coefficient (Wildman–Crippen LogP) is 3.79. The highest BCUT2D eigenvalue weighted by atomic mass is 15.1. The van der Waals surface area contributed by atoms with Gasteiger partial charge in [-0.1, -0.05) is 25.2 Å². The summed E-state index contributed by atoms with van der Waals surface area (Å²) >= 11 is 0. The molecule has 1 aliphatic heterocycles. The van der Waals surface area contributed by atoms with Crippen molar-refractivity contribution in [2.75, 3.05) is 11.9 Å². The number of anilines is 2. The summed E-state index contributed by atoms with van der Waals surface area (Å²) in [5.41, 5.74) is 7.42. The third-order valence-electron chi connectivity index (χ3n) is 4.90. The van der Waals surface area contributed by atoms with Crippen molar-refractivity contribution in [2.24, 2.45) is 4.99 Å². The minimum atomic E-state index is 0.451. The highest BCUT2D eigenvalue weighted by Gasteiger charge is 2.19. The van der Waals surface area contributed by atoms with Crippen LogP contribution in [0.1, 0.15) is 29.5 Å². The molecule has 22 heavy (non-hydrogen) atoms. The van der Waals surface area contributed by atoms with Crippen LogP contribution in [-0.2, 0) is 0 Å². The fraction of sp³-hybridized carbons (Fsp3) is 0.250. The summed E-state index contributed by atoms with van der Waals surface area (Å²) in [5, 5.41) is 2.38. The van der Waals surface area contributed by atoms with E-state index >= 15 is 0 Å². The van der Waals surface area contributed by atoms with E-state index in [0.29, 0.717) is 5.92 Å². The fourth-order valence-corrected chi connectivity index (χ4v) is 3.34. The van der Waals surface area contributed by atoms with E-state index in [-0.39, 0.29) is 0 Å². The van der Waals surface area contributed by atoms with Gasteiger partial charge in [-0.15, -0.1) is 0 Å². The van der Waals surface area contributed by atoms with Gasteiger partial charge in [0, 0.05) is 7.05 Å². The van der Waals surface area contributed by atoms with E-state index in [1.165, 1.54) is 33.3 Å². The van der Waals surface area contributed by atoms with Crippen LogP contribution >= 0.6 is 0 Å². The van der Waals surface area contributed by atoms with Gasteiger partial charge in [0.1, 0.15) is 0 Å². The maximum atomic E-state index is 4.92. The molecule has 1 aliphatic carbocycles. The van der Waals surface area contributed by atoms with Crippen LogP contribution in [0.2, 0.25) is 0 Å². The van der Waals surface area contributed by atoms with Crippen LogP contribution in [0.25, 0.3) is 6.08 Å². The zero-order valence-electron chi connectivity index (χ0n) is 13.5. The van der Waals surface area contributed by atoms with E-state index in [0.717, 1.165) is 11.0 Å². The lowest BCUT2D eigenvalue weighted by Gasteiger charge is -2.27. The van der Waals surface area contributed by atoms with Crippen LogP contribution in [0.4, 0.5) is 17.1 Å². The first-order valence-corrected chi connectivity index (χ1v) is 7.81. The summed E-state index contributed by atoms with van der Waals surface area (Å²) in [6.07, 6.45) is 6.59. The third kappa shape index (κ3) is 1.83. The van der Waals surface area contributed by atoms with E-state index in [1.54, 1.807) is 0 Å². The standard InChI is InChI=1S/C20H20N2/c1-12-6-5-7-15-10-20-18(11-16(12)15)21-17-8-13(2)14(3)9-19(17)22(20)4/h5-12H,1-4H3. The molecule has 2 aromatic carbocycles. The molecule has 0 aromatic heterocycles. The molecule has 2 heteroatoms. The van der Waals surface area contributed by atoms with Gasteiger partial charge in [-0.3, -0.25) is 0 Å². The smallest absolute Gasteiger partial charge is 0.0878 e. The van der Waals surface area contributed by atoms with Crippen LogP contribution in [0, 0.1) is 13.8 Å². The number of hydrogen-bond donors (Lipinski definition) is 0. The maximum absolute atomic E-state index is 4.92. The Labute approximate surface area is 131 Å². The molecule has 0 amide bonds. The molecule has 2 nitrogen and oxygen atoms in total. The SMILES string of the molecule is Cc1cc2c(cc1C)N(C)c1cc3c(cc1=N2)C(C)C=CC=3. The average molecular weight is 288 g/mol. The van der Waals surface area contributed by atoms with Gasteiger partial charge in [0.15, 0.2) is 0 Å². The van der Waals surface area contributed by atoms with Crippen molar-refractivity contribution in [3.63, 3.8) is 0 Å². The highest BCUT2D eigenvalue weighted by molar-refractivity contribution is 5.78. The Bertz CT molecular complexity index is 935. The molecule has 0 saturated carbocycles. The fourth-order valence-electron chi connectivity index (χ4n) is 3.34. The van der Waals surface area contributed by atoms with Crippen LogP contribution in [0.5, 0.6) is 0 Å². The van der Waals surface area contributed by atoms with Crippen molar-refractivity contribution < 1.29 is 0 Å². The van der Waals surface area contributed by atoms with Crippen LogP contribution < -0.4 is 15.5 Å². The van der Waals surface area contributed by atoms with Gasteiger partial charge in [-0.25, -0.2) is 4.99 Å². The Balaban J connectivity index is 2.03. The summed E-state index contributed by atoms with van der Waals surface area (Å²) in [5.74, 6) is 0.451. The molecule has 4 rings (SSSR count). The van der Waals surface area contributed by atoms with Gasteiger partial charge < -0.3 is 4.90 Å². The number of allylic oxidation sites excluding steroid dienone is 2. The third-order valence-corrected chi connectivity index (χ3v) is 4.90. The number of benzene rings is 2. The van der Waals surface area contributed by atoms with Crippen LogP contribution in [-0.4, -0.2) is 7.05 Å². The van der Waals surface area contributed by atoms with Crippen molar-refractivity contribution in [3.05, 3.63) is 63.7 Å². The van der Waals surface area contributed by atoms with Gasteiger partial charge in [0.05, 0.1) is 22.4 Å². The number of hydrogen-bond acceptors (Lipinski definition) is 2. The van der Waals surface area contributed by atoms with Crippen LogP contribution in [0.15, 0.2) is 41.4 Å². The molecule has 110 valence electrons. The molecule has 1 atom stereocenters. The van der Waals surface area contributed by atoms with Crippen molar-refractivity contribution in [1.29, 1.82) is 0 Å². The topological polar surface area (TPSA) is 15.6 Å². The molecule has 0 fully saturated rings. The molecule has 0 spiro atoms. The summed E-state index contributed by atoms with van der Waals surface area (Å²) in [6.45, 7) is 6.55. The number of aryl methyl sites for hydroxylation is 2. The molecule has 0 bridgehead atoms. The Morgan fingerprint density at radius 2 is 1.77 bits per heavy atom. The second-order valence-electron chi connectivity index (χ2n) is 6.41. The largest absolute Gasteiger partial charge is 0.341 e. The van der Waals surface area contributed by atoms with E-state index in [1.807, 2.05) is 0 Å². The monoisotopic (exact) mass is 288 g/mol. The van der Waals surface area contributed by atoms with Crippen LogP contribution in [0.3, 0.4) is 0 Å². The molecule has 1 unspecified atom stereocenters. The Kier molecular flexibility index (Phi) is 2.77. The molecule has 0 N–H and O–H groups in total. The zero-order chi connectivity index (χ0) is 15.4. The quantitative estimate of drug-likeness (QED) is 0.720. The second-order valence-corrected chi connectivity index (χ2v) is 6.41. The first kappa shape index (κ1) is 13.3. The predicted molar refractivity (Wildman–Crippen MR) is 92.9 cm³/mol. The summed E-state index contributed by atoms with van der Waals surface area (Å²) in [6, 6.07) is 8.96. The summed E-state index contributed by atoms with van der Waals surface area (Å²) < 4.78 is 0. The lowest BCUT2D eigenvalue weighted by Crippen LogP contribution is -2.28. The maximum Gasteiger partial charge on any atom is 0.0878 e. The van der Waals surface area contributed by atoms with Crippen molar-refractivity contribution in [2.45, 2.75) is 26.7 Å². The van der Waals surface area contributed by atoms with Gasteiger partial charge in [-0.2, -0.15) is 0 Å². The molecule has 2 aromatic rings. The van der Waals surface area contributed by atoms with Crippen molar-refractivity contribution in [1.82, 2.24) is 0 Å². The average Bonchev–Trinajstić information content (AvgIpc) is 2.49. The summed E-state index contributed by atoms with van der Waals surface area (Å²) in [7, 11) is 2.13. The highest BCUT2D eigenvalue weighted by Crippen LogP contribution is 2.36. The van der Waals surface area contributed by atoms with Gasteiger partial charge in [0.2, 0.25) is 0 Å². The van der Waals surface area contributed by atoms with E-state index < -0.39 is 0 Å². The van der Waals surface area contributed by atoms with Crippen molar-refractivity contribution in [3.8, 4) is 0 Å². The zero-order valence-corrected chi connectivity index (χ0v) is 13.5. The summed E-state index contributed by atoms with van der Waals surface area (Å²) in [4.78, 5) is 7.19. The lowest BCUT2D eigenvalue weighted by atomic mass is 9.93. The number of nitrogens with zero attached hydrogens (tertiary/aromatic N) is 2. The Morgan fingerprint density at radius 1 is 1.00 bits per heavy atom.